The Kier molecular flexibility index (Phi) is 1.77. The van der Waals surface area contributed by atoms with Crippen molar-refractivity contribution in [3.8, 4) is 0 Å². The van der Waals surface area contributed by atoms with E-state index in [1.54, 1.807) is 12.3 Å². The molecule has 0 saturated heterocycles. The molecule has 0 amide bonds. The molecule has 2 N–H and O–H groups in total. The zero-order valence-electron chi connectivity index (χ0n) is 7.46. The second kappa shape index (κ2) is 2.94. The van der Waals surface area contributed by atoms with Crippen LogP contribution < -0.4 is 5.32 Å². The maximum absolute atomic E-state index is 4.25. The third kappa shape index (κ3) is 1.09. The molecule has 2 rings (SSSR count). The molecule has 2 heterocycles. The molecule has 0 atom stereocenters. The molecule has 0 unspecified atom stereocenters. The highest BCUT2D eigenvalue weighted by molar-refractivity contribution is 5.93. The first kappa shape index (κ1) is 7.86. The van der Waals surface area contributed by atoms with Crippen molar-refractivity contribution in [2.45, 2.75) is 0 Å². The van der Waals surface area contributed by atoms with E-state index in [1.807, 2.05) is 19.3 Å². The number of anilines is 1. The summed E-state index contributed by atoms with van der Waals surface area (Å²) in [6, 6.07) is 2.00. The van der Waals surface area contributed by atoms with Crippen LogP contribution in [0.5, 0.6) is 0 Å². The second-order valence-corrected chi connectivity index (χ2v) is 2.78. The SMILES string of the molecule is C=Cc1cnc2[nH]ccc2c1NC. The van der Waals surface area contributed by atoms with Gasteiger partial charge in [0.25, 0.3) is 0 Å². The van der Waals surface area contributed by atoms with E-state index in [1.165, 1.54) is 0 Å². The molecule has 0 aromatic carbocycles. The normalized spacial score (nSPS) is 10.2. The minimum Gasteiger partial charge on any atom is -0.387 e. The number of H-pyrrole nitrogens is 1. The van der Waals surface area contributed by atoms with Crippen molar-refractivity contribution in [1.29, 1.82) is 0 Å². The maximum atomic E-state index is 4.25. The van der Waals surface area contributed by atoms with Crippen molar-refractivity contribution in [1.82, 2.24) is 9.97 Å². The van der Waals surface area contributed by atoms with Gasteiger partial charge in [0, 0.05) is 30.4 Å². The third-order valence-electron chi connectivity index (χ3n) is 2.09. The molecule has 0 spiro atoms. The fourth-order valence-corrected chi connectivity index (χ4v) is 1.46. The number of nitrogens with one attached hydrogen (secondary N) is 2. The first-order chi connectivity index (χ1) is 6.36. The fourth-order valence-electron chi connectivity index (χ4n) is 1.46. The largest absolute Gasteiger partial charge is 0.387 e. The van der Waals surface area contributed by atoms with Crippen LogP contribution in [0.15, 0.2) is 25.0 Å². The number of hydrogen-bond acceptors (Lipinski definition) is 2. The Hall–Kier alpha value is -1.77. The van der Waals surface area contributed by atoms with E-state index in [0.717, 1.165) is 22.3 Å². The number of nitrogens with zero attached hydrogens (tertiary/aromatic N) is 1. The molecule has 0 radical (unpaired) electrons. The van der Waals surface area contributed by atoms with Gasteiger partial charge < -0.3 is 10.3 Å². The summed E-state index contributed by atoms with van der Waals surface area (Å²) in [6.45, 7) is 3.74. The van der Waals surface area contributed by atoms with Crippen LogP contribution in [-0.2, 0) is 0 Å². The summed E-state index contributed by atoms with van der Waals surface area (Å²) < 4.78 is 0. The molecule has 66 valence electrons. The summed E-state index contributed by atoms with van der Waals surface area (Å²) >= 11 is 0. The zero-order valence-corrected chi connectivity index (χ0v) is 7.46. The van der Waals surface area contributed by atoms with Crippen molar-refractivity contribution < 1.29 is 0 Å². The number of pyridine rings is 1. The van der Waals surface area contributed by atoms with Gasteiger partial charge >= 0.3 is 0 Å². The molecule has 0 saturated carbocycles. The maximum Gasteiger partial charge on any atom is 0.139 e. The Morgan fingerprint density at radius 2 is 2.46 bits per heavy atom. The van der Waals surface area contributed by atoms with E-state index >= 15 is 0 Å². The molecule has 0 aliphatic rings. The molecular formula is C10H11N3. The smallest absolute Gasteiger partial charge is 0.139 e. The average Bonchev–Trinajstić information content (AvgIpc) is 2.63. The highest BCUT2D eigenvalue weighted by Crippen LogP contribution is 2.25. The Bertz CT molecular complexity index is 442. The average molecular weight is 173 g/mol. The Morgan fingerprint density at radius 3 is 3.15 bits per heavy atom. The van der Waals surface area contributed by atoms with Crippen LogP contribution in [0.4, 0.5) is 5.69 Å². The standard InChI is InChI=1S/C10H11N3/c1-3-7-6-13-10-8(4-5-12-10)9(7)11-2/h3-6H,1H2,2H3,(H2,11,12,13). The van der Waals surface area contributed by atoms with Gasteiger partial charge in [0.1, 0.15) is 5.65 Å². The van der Waals surface area contributed by atoms with Crippen molar-refractivity contribution in [3.05, 3.63) is 30.6 Å². The number of aromatic nitrogens is 2. The molecule has 2 aromatic rings. The minimum absolute atomic E-state index is 0.898. The monoisotopic (exact) mass is 173 g/mol. The van der Waals surface area contributed by atoms with Crippen LogP contribution in [-0.4, -0.2) is 17.0 Å². The van der Waals surface area contributed by atoms with Gasteiger partial charge in [-0.3, -0.25) is 0 Å². The van der Waals surface area contributed by atoms with Gasteiger partial charge in [0.15, 0.2) is 0 Å². The van der Waals surface area contributed by atoms with E-state index in [4.69, 9.17) is 0 Å². The molecule has 2 aromatic heterocycles. The predicted molar refractivity (Wildman–Crippen MR) is 55.7 cm³/mol. The predicted octanol–water partition coefficient (Wildman–Crippen LogP) is 2.25. The van der Waals surface area contributed by atoms with Crippen LogP contribution in [0.2, 0.25) is 0 Å². The summed E-state index contributed by atoms with van der Waals surface area (Å²) in [6.07, 6.45) is 5.48. The van der Waals surface area contributed by atoms with Crippen LogP contribution in [0.3, 0.4) is 0 Å². The first-order valence-electron chi connectivity index (χ1n) is 4.13. The molecule has 13 heavy (non-hydrogen) atoms. The molecular weight excluding hydrogens is 162 g/mol. The lowest BCUT2D eigenvalue weighted by Gasteiger charge is -2.05. The van der Waals surface area contributed by atoms with E-state index in [-0.39, 0.29) is 0 Å². The van der Waals surface area contributed by atoms with Gasteiger partial charge in [0.2, 0.25) is 0 Å². The number of aromatic amines is 1. The molecule has 0 fully saturated rings. The van der Waals surface area contributed by atoms with E-state index in [2.05, 4.69) is 21.9 Å². The number of hydrogen-bond donors (Lipinski definition) is 2. The van der Waals surface area contributed by atoms with Crippen molar-refractivity contribution >= 4 is 22.8 Å². The molecule has 0 aliphatic carbocycles. The zero-order chi connectivity index (χ0) is 9.26. The van der Waals surface area contributed by atoms with E-state index in [9.17, 15) is 0 Å². The van der Waals surface area contributed by atoms with Crippen LogP contribution in [0.25, 0.3) is 17.1 Å². The topological polar surface area (TPSA) is 40.7 Å². The van der Waals surface area contributed by atoms with Gasteiger partial charge in [0.05, 0.1) is 5.69 Å². The lowest BCUT2D eigenvalue weighted by atomic mass is 10.2. The van der Waals surface area contributed by atoms with Crippen molar-refractivity contribution in [2.75, 3.05) is 12.4 Å². The Labute approximate surface area is 76.5 Å². The van der Waals surface area contributed by atoms with Gasteiger partial charge in [-0.05, 0) is 6.07 Å². The summed E-state index contributed by atoms with van der Waals surface area (Å²) in [5.74, 6) is 0. The lowest BCUT2D eigenvalue weighted by molar-refractivity contribution is 1.31. The lowest BCUT2D eigenvalue weighted by Crippen LogP contribution is -1.93. The first-order valence-corrected chi connectivity index (χ1v) is 4.13. The quantitative estimate of drug-likeness (QED) is 0.731. The highest BCUT2D eigenvalue weighted by Gasteiger charge is 2.04. The van der Waals surface area contributed by atoms with Crippen LogP contribution in [0.1, 0.15) is 5.56 Å². The minimum atomic E-state index is 0.898. The highest BCUT2D eigenvalue weighted by atomic mass is 14.9. The second-order valence-electron chi connectivity index (χ2n) is 2.78. The summed E-state index contributed by atoms with van der Waals surface area (Å²) in [5.41, 5.74) is 2.99. The van der Waals surface area contributed by atoms with E-state index < -0.39 is 0 Å². The fraction of sp³-hybridized carbons (Fsp3) is 0.100. The molecule has 3 heteroatoms. The summed E-state index contributed by atoms with van der Waals surface area (Å²) in [7, 11) is 1.90. The summed E-state index contributed by atoms with van der Waals surface area (Å²) in [4.78, 5) is 7.31. The van der Waals surface area contributed by atoms with Gasteiger partial charge in [-0.2, -0.15) is 0 Å². The van der Waals surface area contributed by atoms with E-state index in [0.29, 0.717) is 0 Å². The van der Waals surface area contributed by atoms with Gasteiger partial charge in [-0.15, -0.1) is 0 Å². The molecule has 0 aliphatic heterocycles. The Morgan fingerprint density at radius 1 is 1.62 bits per heavy atom. The van der Waals surface area contributed by atoms with Crippen LogP contribution in [0, 0.1) is 0 Å². The van der Waals surface area contributed by atoms with Crippen molar-refractivity contribution in [2.24, 2.45) is 0 Å². The molecule has 0 bridgehead atoms. The number of fused-ring (bicyclic) bond motifs is 1. The summed E-state index contributed by atoms with van der Waals surface area (Å²) in [5, 5.41) is 4.24. The Balaban J connectivity index is 2.81. The molecule has 3 nitrogen and oxygen atoms in total. The van der Waals surface area contributed by atoms with Crippen LogP contribution >= 0.6 is 0 Å². The number of rotatable bonds is 2. The van der Waals surface area contributed by atoms with Crippen molar-refractivity contribution in [3.63, 3.8) is 0 Å². The van der Waals surface area contributed by atoms with Gasteiger partial charge in [-0.1, -0.05) is 12.7 Å². The van der Waals surface area contributed by atoms with Gasteiger partial charge in [-0.25, -0.2) is 4.98 Å². The third-order valence-corrected chi connectivity index (χ3v) is 2.09.